The van der Waals surface area contributed by atoms with Crippen molar-refractivity contribution >= 4 is 23.4 Å². The third-order valence-electron chi connectivity index (χ3n) is 3.32. The highest BCUT2D eigenvalue weighted by Crippen LogP contribution is 2.18. The molecule has 1 unspecified atom stereocenters. The van der Waals surface area contributed by atoms with Gasteiger partial charge in [0.25, 0.3) is 0 Å². The molecule has 1 heterocycles. The Morgan fingerprint density at radius 2 is 2.12 bits per heavy atom. The summed E-state index contributed by atoms with van der Waals surface area (Å²) in [6, 6.07) is 0.138. The first-order valence-electron chi connectivity index (χ1n) is 6.21. The molecule has 98 valence electrons. The summed E-state index contributed by atoms with van der Waals surface area (Å²) in [5.41, 5.74) is 0. The quantitative estimate of drug-likeness (QED) is 0.719. The average Bonchev–Trinajstić information content (AvgIpc) is 2.35. The maximum Gasteiger partial charge on any atom is 0.237 e. The van der Waals surface area contributed by atoms with Gasteiger partial charge in [0, 0.05) is 32.6 Å². The third-order valence-corrected chi connectivity index (χ3v) is 3.55. The molecule has 0 aromatic rings. The van der Waals surface area contributed by atoms with Crippen LogP contribution in [0.4, 0.5) is 0 Å². The van der Waals surface area contributed by atoms with Crippen molar-refractivity contribution in [1.29, 1.82) is 0 Å². The highest BCUT2D eigenvalue weighted by Gasteiger charge is 2.27. The lowest BCUT2D eigenvalue weighted by Gasteiger charge is -2.38. The molecule has 4 nitrogen and oxygen atoms in total. The van der Waals surface area contributed by atoms with Crippen LogP contribution in [0.2, 0.25) is 0 Å². The van der Waals surface area contributed by atoms with Crippen LogP contribution in [0.25, 0.3) is 0 Å². The van der Waals surface area contributed by atoms with Gasteiger partial charge in [-0.2, -0.15) is 0 Å². The van der Waals surface area contributed by atoms with Crippen molar-refractivity contribution in [2.75, 3.05) is 25.5 Å². The summed E-state index contributed by atoms with van der Waals surface area (Å²) < 4.78 is 0. The van der Waals surface area contributed by atoms with Crippen LogP contribution in [-0.4, -0.2) is 53.2 Å². The molecule has 0 spiro atoms. The zero-order valence-corrected chi connectivity index (χ0v) is 11.4. The number of likely N-dealkylation sites (N-methyl/N-ethyl adjacent to an activating group) is 1. The lowest BCUT2D eigenvalue weighted by molar-refractivity contribution is -0.136. The molecule has 1 atom stereocenters. The summed E-state index contributed by atoms with van der Waals surface area (Å²) in [6.45, 7) is 5.62. The number of alkyl halides is 1. The van der Waals surface area contributed by atoms with Crippen LogP contribution >= 0.6 is 11.6 Å². The molecular formula is C12H21ClN2O2. The minimum Gasteiger partial charge on any atom is -0.341 e. The summed E-state index contributed by atoms with van der Waals surface area (Å²) >= 11 is 5.61. The van der Waals surface area contributed by atoms with Crippen LogP contribution in [0.15, 0.2) is 0 Å². The van der Waals surface area contributed by atoms with Crippen molar-refractivity contribution in [3.63, 3.8) is 0 Å². The van der Waals surface area contributed by atoms with Crippen LogP contribution < -0.4 is 0 Å². The maximum atomic E-state index is 11.7. The molecule has 17 heavy (non-hydrogen) atoms. The van der Waals surface area contributed by atoms with E-state index >= 15 is 0 Å². The maximum absolute atomic E-state index is 11.7. The van der Waals surface area contributed by atoms with Crippen LogP contribution in [0.3, 0.4) is 0 Å². The SMILES string of the molecule is CCN(CC1CCCCN1C(=O)CCl)C(C)=O. The fourth-order valence-electron chi connectivity index (χ4n) is 2.33. The Labute approximate surface area is 108 Å². The molecule has 0 saturated carbocycles. The summed E-state index contributed by atoms with van der Waals surface area (Å²) in [6.07, 6.45) is 3.12. The van der Waals surface area contributed by atoms with Gasteiger partial charge in [-0.1, -0.05) is 0 Å². The number of likely N-dealkylation sites (tertiary alicyclic amines) is 1. The molecule has 5 heteroatoms. The van der Waals surface area contributed by atoms with E-state index in [2.05, 4.69) is 0 Å². The third kappa shape index (κ3) is 3.87. The van der Waals surface area contributed by atoms with Gasteiger partial charge < -0.3 is 9.80 Å². The second-order valence-electron chi connectivity index (χ2n) is 4.43. The molecule has 0 aromatic heterocycles. The molecule has 1 aliphatic heterocycles. The van der Waals surface area contributed by atoms with Crippen LogP contribution in [0.1, 0.15) is 33.1 Å². The molecule has 1 fully saturated rings. The van der Waals surface area contributed by atoms with Crippen molar-refractivity contribution in [1.82, 2.24) is 9.80 Å². The lowest BCUT2D eigenvalue weighted by Crippen LogP contribution is -2.50. The Hall–Kier alpha value is -0.770. The number of carbonyl (C=O) groups excluding carboxylic acids is 2. The van der Waals surface area contributed by atoms with Crippen LogP contribution in [0.5, 0.6) is 0 Å². The van der Waals surface area contributed by atoms with Gasteiger partial charge in [-0.3, -0.25) is 9.59 Å². The summed E-state index contributed by atoms with van der Waals surface area (Å²) in [7, 11) is 0. The minimum absolute atomic E-state index is 0.0176. The monoisotopic (exact) mass is 260 g/mol. The average molecular weight is 261 g/mol. The van der Waals surface area contributed by atoms with Crippen molar-refractivity contribution in [3.8, 4) is 0 Å². The van der Waals surface area contributed by atoms with E-state index in [9.17, 15) is 9.59 Å². The number of nitrogens with zero attached hydrogens (tertiary/aromatic N) is 2. The van der Waals surface area contributed by atoms with E-state index in [1.165, 1.54) is 0 Å². The summed E-state index contributed by atoms with van der Waals surface area (Å²) in [4.78, 5) is 26.7. The number of piperidine rings is 1. The van der Waals surface area contributed by atoms with Crippen molar-refractivity contribution in [2.45, 2.75) is 39.2 Å². The largest absolute Gasteiger partial charge is 0.341 e. The molecule has 2 amide bonds. The first-order valence-corrected chi connectivity index (χ1v) is 6.74. The van der Waals surface area contributed by atoms with E-state index in [-0.39, 0.29) is 23.7 Å². The second kappa shape index (κ2) is 6.84. The van der Waals surface area contributed by atoms with E-state index in [1.54, 1.807) is 11.8 Å². The van der Waals surface area contributed by atoms with Crippen LogP contribution in [-0.2, 0) is 9.59 Å². The smallest absolute Gasteiger partial charge is 0.237 e. The van der Waals surface area contributed by atoms with Gasteiger partial charge in [-0.15, -0.1) is 11.6 Å². The van der Waals surface area contributed by atoms with E-state index in [1.807, 2.05) is 11.8 Å². The summed E-state index contributed by atoms with van der Waals surface area (Å²) in [5.74, 6) is 0.0789. The van der Waals surface area contributed by atoms with Crippen molar-refractivity contribution in [2.24, 2.45) is 0 Å². The molecule has 1 aliphatic rings. The molecule has 0 radical (unpaired) electrons. The van der Waals surface area contributed by atoms with Crippen molar-refractivity contribution in [3.05, 3.63) is 0 Å². The fraction of sp³-hybridized carbons (Fsp3) is 0.833. The number of halogens is 1. The van der Waals surface area contributed by atoms with Crippen molar-refractivity contribution < 1.29 is 9.59 Å². The Morgan fingerprint density at radius 1 is 1.41 bits per heavy atom. The van der Waals surface area contributed by atoms with Gasteiger partial charge in [0.05, 0.1) is 0 Å². The standard InChI is InChI=1S/C12H21ClN2O2/c1-3-14(10(2)16)9-11-6-4-5-7-15(11)12(17)8-13/h11H,3-9H2,1-2H3. The Kier molecular flexibility index (Phi) is 5.75. The second-order valence-corrected chi connectivity index (χ2v) is 4.70. The number of hydrogen-bond acceptors (Lipinski definition) is 2. The first-order chi connectivity index (χ1) is 8.10. The molecule has 1 rings (SSSR count). The van der Waals surface area contributed by atoms with Gasteiger partial charge in [-0.25, -0.2) is 0 Å². The molecule has 0 N–H and O–H groups in total. The van der Waals surface area contributed by atoms with E-state index in [0.717, 1.165) is 25.8 Å². The molecule has 0 aliphatic carbocycles. The van der Waals surface area contributed by atoms with Crippen LogP contribution in [0, 0.1) is 0 Å². The minimum atomic E-state index is -0.0176. The highest BCUT2D eigenvalue weighted by atomic mass is 35.5. The summed E-state index contributed by atoms with van der Waals surface area (Å²) in [5, 5.41) is 0. The normalized spacial score (nSPS) is 20.2. The molecule has 0 bridgehead atoms. The van der Waals surface area contributed by atoms with Gasteiger partial charge in [0.2, 0.25) is 11.8 Å². The van der Waals surface area contributed by atoms with Gasteiger partial charge in [0.1, 0.15) is 5.88 Å². The fourth-order valence-corrected chi connectivity index (χ4v) is 2.48. The molecule has 0 aromatic carbocycles. The van der Waals surface area contributed by atoms with E-state index in [0.29, 0.717) is 13.1 Å². The topological polar surface area (TPSA) is 40.6 Å². The zero-order chi connectivity index (χ0) is 12.8. The first kappa shape index (κ1) is 14.3. The number of carbonyl (C=O) groups is 2. The number of rotatable bonds is 4. The predicted molar refractivity (Wildman–Crippen MR) is 68.0 cm³/mol. The van der Waals surface area contributed by atoms with E-state index in [4.69, 9.17) is 11.6 Å². The predicted octanol–water partition coefficient (Wildman–Crippen LogP) is 1.47. The lowest BCUT2D eigenvalue weighted by atomic mass is 10.0. The van der Waals surface area contributed by atoms with Gasteiger partial charge in [0.15, 0.2) is 0 Å². The molecule has 1 saturated heterocycles. The number of hydrogen-bond donors (Lipinski definition) is 0. The Bertz CT molecular complexity index is 284. The van der Waals surface area contributed by atoms with E-state index < -0.39 is 0 Å². The highest BCUT2D eigenvalue weighted by molar-refractivity contribution is 6.27. The number of amides is 2. The zero-order valence-electron chi connectivity index (χ0n) is 10.6. The Balaban J connectivity index is 2.64. The van der Waals surface area contributed by atoms with Gasteiger partial charge in [-0.05, 0) is 26.2 Å². The molecular weight excluding hydrogens is 240 g/mol. The Morgan fingerprint density at radius 3 is 2.65 bits per heavy atom. The van der Waals surface area contributed by atoms with Gasteiger partial charge >= 0.3 is 0 Å².